The monoisotopic (exact) mass is 337 g/mol. The summed E-state index contributed by atoms with van der Waals surface area (Å²) in [4.78, 5) is 29.0. The Balaban J connectivity index is 2.00. The number of ether oxygens (including phenoxy) is 3. The second kappa shape index (κ2) is 4.39. The third kappa shape index (κ3) is 1.40. The number of pyridine rings is 1. The summed E-state index contributed by atoms with van der Waals surface area (Å²) in [6.45, 7) is 0. The predicted octanol–water partition coefficient (Wildman–Crippen LogP) is 2.07. The van der Waals surface area contributed by atoms with Crippen LogP contribution in [0.15, 0.2) is 18.3 Å². The van der Waals surface area contributed by atoms with E-state index < -0.39 is 11.2 Å². The van der Waals surface area contributed by atoms with Gasteiger partial charge in [-0.05, 0) is 24.1 Å². The van der Waals surface area contributed by atoms with Gasteiger partial charge in [-0.3, -0.25) is 14.6 Å². The number of ketones is 2. The number of benzene rings is 1. The summed E-state index contributed by atoms with van der Waals surface area (Å²) in [7, 11) is 4.71. The number of carbonyl (C=O) groups excluding carboxylic acids is 2. The SMILES string of the molecule is COc1c(OC)c2c3c(nccc3c1OC)C1=CC(=O)C(=O)C3CC123. The lowest BCUT2D eigenvalue weighted by Crippen LogP contribution is -2.26. The minimum atomic E-state index is -0.523. The topological polar surface area (TPSA) is 74.7 Å². The molecule has 0 radical (unpaired) electrons. The zero-order valence-corrected chi connectivity index (χ0v) is 14.0. The smallest absolute Gasteiger partial charge is 0.222 e. The second-order valence-electron chi connectivity index (χ2n) is 6.57. The van der Waals surface area contributed by atoms with Gasteiger partial charge in [-0.25, -0.2) is 0 Å². The van der Waals surface area contributed by atoms with Gasteiger partial charge in [-0.2, -0.15) is 0 Å². The lowest BCUT2D eigenvalue weighted by atomic mass is 9.83. The van der Waals surface area contributed by atoms with Crippen molar-refractivity contribution in [1.29, 1.82) is 0 Å². The summed E-state index contributed by atoms with van der Waals surface area (Å²) in [5.74, 6) is 0.486. The molecule has 1 aromatic carbocycles. The molecule has 126 valence electrons. The zero-order chi connectivity index (χ0) is 17.5. The summed E-state index contributed by atoms with van der Waals surface area (Å²) in [5, 5.41) is 1.73. The summed E-state index contributed by atoms with van der Waals surface area (Å²) in [5.41, 5.74) is 1.92. The molecule has 2 aromatic rings. The van der Waals surface area contributed by atoms with Crippen molar-refractivity contribution in [1.82, 2.24) is 4.98 Å². The fourth-order valence-corrected chi connectivity index (χ4v) is 4.64. The molecule has 3 aliphatic carbocycles. The van der Waals surface area contributed by atoms with Gasteiger partial charge in [0.25, 0.3) is 0 Å². The maximum Gasteiger partial charge on any atom is 0.222 e. The van der Waals surface area contributed by atoms with E-state index in [1.807, 2.05) is 6.07 Å². The molecule has 0 saturated heterocycles. The maximum atomic E-state index is 12.3. The first kappa shape index (κ1) is 14.5. The van der Waals surface area contributed by atoms with Gasteiger partial charge < -0.3 is 14.2 Å². The van der Waals surface area contributed by atoms with Crippen LogP contribution >= 0.6 is 0 Å². The molecule has 0 aliphatic heterocycles. The largest absolute Gasteiger partial charge is 0.492 e. The molecule has 25 heavy (non-hydrogen) atoms. The van der Waals surface area contributed by atoms with E-state index in [1.54, 1.807) is 27.5 Å². The number of Topliss-reactive ketones (excluding diaryl/α,β-unsaturated/α-hetero) is 1. The van der Waals surface area contributed by atoms with E-state index >= 15 is 0 Å². The molecule has 1 heterocycles. The third-order valence-corrected chi connectivity index (χ3v) is 5.67. The lowest BCUT2D eigenvalue weighted by molar-refractivity contribution is -0.135. The van der Waals surface area contributed by atoms with Crippen LogP contribution < -0.4 is 14.2 Å². The summed E-state index contributed by atoms with van der Waals surface area (Å²) in [6, 6.07) is 1.86. The van der Waals surface area contributed by atoms with Crippen molar-refractivity contribution >= 4 is 27.9 Å². The molecule has 6 heteroatoms. The average molecular weight is 337 g/mol. The van der Waals surface area contributed by atoms with Crippen LogP contribution in [0.25, 0.3) is 16.3 Å². The highest BCUT2D eigenvalue weighted by Crippen LogP contribution is 2.72. The normalized spacial score (nSPS) is 25.4. The summed E-state index contributed by atoms with van der Waals surface area (Å²) < 4.78 is 16.9. The Hall–Kier alpha value is -2.89. The Morgan fingerprint density at radius 1 is 1.08 bits per heavy atom. The number of fused-ring (bicyclic) bond motifs is 1. The highest BCUT2D eigenvalue weighted by molar-refractivity contribution is 6.47. The fraction of sp³-hybridized carbons (Fsp3) is 0.316. The van der Waals surface area contributed by atoms with Crippen molar-refractivity contribution in [2.75, 3.05) is 21.3 Å². The molecule has 3 aliphatic rings. The van der Waals surface area contributed by atoms with E-state index in [2.05, 4.69) is 4.98 Å². The number of methoxy groups -OCH3 is 3. The van der Waals surface area contributed by atoms with Crippen LogP contribution in [0.1, 0.15) is 17.7 Å². The molecule has 6 nitrogen and oxygen atoms in total. The highest BCUT2D eigenvalue weighted by atomic mass is 16.5. The number of hydrogen-bond acceptors (Lipinski definition) is 6. The number of aromatic nitrogens is 1. The lowest BCUT2D eigenvalue weighted by Gasteiger charge is -2.22. The molecule has 5 rings (SSSR count). The molecule has 1 fully saturated rings. The molecule has 2 unspecified atom stereocenters. The number of rotatable bonds is 3. The molecule has 1 saturated carbocycles. The average Bonchev–Trinajstić information content (AvgIpc) is 3.32. The Labute approximate surface area is 143 Å². The molecule has 0 N–H and O–H groups in total. The fourth-order valence-electron chi connectivity index (χ4n) is 4.64. The van der Waals surface area contributed by atoms with Crippen LogP contribution in [0.2, 0.25) is 0 Å². The first-order valence-electron chi connectivity index (χ1n) is 8.02. The predicted molar refractivity (Wildman–Crippen MR) is 89.2 cm³/mol. The Bertz CT molecular complexity index is 1040. The third-order valence-electron chi connectivity index (χ3n) is 5.67. The standard InChI is InChI=1S/C19H15NO5/c1-23-16-8-4-5-20-14-9-6-11(21)15(22)10-7-19(9,10)13(12(8)14)17(24-2)18(16)25-3/h4-6,10H,7H2,1-3H3. The van der Waals surface area contributed by atoms with Gasteiger partial charge in [0, 0.05) is 33.9 Å². The first-order valence-corrected chi connectivity index (χ1v) is 8.02. The molecule has 0 amide bonds. The van der Waals surface area contributed by atoms with E-state index in [-0.39, 0.29) is 11.7 Å². The second-order valence-corrected chi connectivity index (χ2v) is 6.57. The first-order chi connectivity index (χ1) is 12.1. The summed E-state index contributed by atoms with van der Waals surface area (Å²) in [6.07, 6.45) is 3.74. The van der Waals surface area contributed by atoms with Crippen molar-refractivity contribution in [3.63, 3.8) is 0 Å². The van der Waals surface area contributed by atoms with Gasteiger partial charge in [0.2, 0.25) is 17.3 Å². The van der Waals surface area contributed by atoms with Gasteiger partial charge in [-0.15, -0.1) is 0 Å². The molecule has 0 bridgehead atoms. The minimum Gasteiger partial charge on any atom is -0.492 e. The molecule has 1 spiro atoms. The number of nitrogens with zero attached hydrogens (tertiary/aromatic N) is 1. The zero-order valence-electron chi connectivity index (χ0n) is 14.0. The number of carbonyl (C=O) groups is 2. The maximum absolute atomic E-state index is 12.3. The molecular formula is C19H15NO5. The van der Waals surface area contributed by atoms with Gasteiger partial charge in [-0.1, -0.05) is 0 Å². The van der Waals surface area contributed by atoms with Crippen molar-refractivity contribution in [3.8, 4) is 17.2 Å². The Morgan fingerprint density at radius 2 is 1.80 bits per heavy atom. The molecular weight excluding hydrogens is 322 g/mol. The van der Waals surface area contributed by atoms with Gasteiger partial charge in [0.15, 0.2) is 11.5 Å². The summed E-state index contributed by atoms with van der Waals surface area (Å²) >= 11 is 0. The van der Waals surface area contributed by atoms with Crippen LogP contribution in [0.3, 0.4) is 0 Å². The van der Waals surface area contributed by atoms with Crippen molar-refractivity contribution < 1.29 is 23.8 Å². The van der Waals surface area contributed by atoms with Crippen LogP contribution in [-0.4, -0.2) is 37.9 Å². The van der Waals surface area contributed by atoms with Crippen LogP contribution in [0.5, 0.6) is 17.2 Å². The number of allylic oxidation sites excluding steroid dienone is 2. The van der Waals surface area contributed by atoms with Crippen LogP contribution in [-0.2, 0) is 15.0 Å². The highest BCUT2D eigenvalue weighted by Gasteiger charge is 2.69. The van der Waals surface area contributed by atoms with E-state index in [4.69, 9.17) is 14.2 Å². The van der Waals surface area contributed by atoms with Crippen LogP contribution in [0.4, 0.5) is 0 Å². The van der Waals surface area contributed by atoms with Crippen LogP contribution in [0, 0.1) is 5.92 Å². The van der Waals surface area contributed by atoms with Gasteiger partial charge in [0.05, 0.1) is 27.0 Å². The molecule has 1 aromatic heterocycles. The van der Waals surface area contributed by atoms with Crippen molar-refractivity contribution in [3.05, 3.63) is 29.6 Å². The van der Waals surface area contributed by atoms with E-state index in [0.29, 0.717) is 23.7 Å². The van der Waals surface area contributed by atoms with Gasteiger partial charge in [0.1, 0.15) is 0 Å². The quantitative estimate of drug-likeness (QED) is 0.798. The van der Waals surface area contributed by atoms with E-state index in [0.717, 1.165) is 27.6 Å². The minimum absolute atomic E-state index is 0.332. The van der Waals surface area contributed by atoms with Gasteiger partial charge >= 0.3 is 0 Å². The van der Waals surface area contributed by atoms with E-state index in [9.17, 15) is 9.59 Å². The Kier molecular flexibility index (Phi) is 2.54. The van der Waals surface area contributed by atoms with Crippen molar-refractivity contribution in [2.24, 2.45) is 5.92 Å². The Morgan fingerprint density at radius 3 is 2.48 bits per heavy atom. The number of hydrogen-bond donors (Lipinski definition) is 0. The van der Waals surface area contributed by atoms with E-state index in [1.165, 1.54) is 6.08 Å². The molecule has 2 atom stereocenters. The van der Waals surface area contributed by atoms with Crippen molar-refractivity contribution in [2.45, 2.75) is 11.8 Å².